The van der Waals surface area contributed by atoms with Gasteiger partial charge in [-0.15, -0.1) is 0 Å². The maximum atomic E-state index is 10.9. The zero-order valence-electron chi connectivity index (χ0n) is 7.69. The molecule has 0 aliphatic carbocycles. The molecule has 1 rings (SSSR count). The third kappa shape index (κ3) is 1.71. The highest BCUT2D eigenvalue weighted by Crippen LogP contribution is 2.23. The quantitative estimate of drug-likeness (QED) is 0.580. The molecule has 0 saturated carbocycles. The fourth-order valence-electron chi connectivity index (χ4n) is 1.29. The predicted octanol–water partition coefficient (Wildman–Crippen LogP) is 1.26. The number of hydrogen-bond acceptors (Lipinski definition) is 3. The van der Waals surface area contributed by atoms with E-state index in [0.29, 0.717) is 12.0 Å². The van der Waals surface area contributed by atoms with Crippen LogP contribution in [0, 0.1) is 10.1 Å². The van der Waals surface area contributed by atoms with Gasteiger partial charge in [-0.05, 0) is 12.5 Å². The standard InChI is InChI=1S/C9H10N2O3/c1-2-6-4-3-5-7(9(10)12)8(6)11(13)14/h3-5H,2H2,1H3,(H2,10,12). The highest BCUT2D eigenvalue weighted by Gasteiger charge is 2.21. The van der Waals surface area contributed by atoms with Crippen LogP contribution in [0.2, 0.25) is 0 Å². The summed E-state index contributed by atoms with van der Waals surface area (Å²) in [6, 6.07) is 4.57. The van der Waals surface area contributed by atoms with Crippen LogP contribution in [-0.4, -0.2) is 10.8 Å². The summed E-state index contributed by atoms with van der Waals surface area (Å²) in [7, 11) is 0. The maximum absolute atomic E-state index is 10.9. The van der Waals surface area contributed by atoms with E-state index in [4.69, 9.17) is 5.73 Å². The molecule has 2 N–H and O–H groups in total. The molecule has 1 aromatic rings. The Kier molecular flexibility index (Phi) is 2.81. The summed E-state index contributed by atoms with van der Waals surface area (Å²) >= 11 is 0. The SMILES string of the molecule is CCc1cccc(C(N)=O)c1[N+](=O)[O-]. The zero-order valence-corrected chi connectivity index (χ0v) is 7.69. The van der Waals surface area contributed by atoms with E-state index in [2.05, 4.69) is 0 Å². The first-order valence-electron chi connectivity index (χ1n) is 4.14. The van der Waals surface area contributed by atoms with Crippen LogP contribution in [0.25, 0.3) is 0 Å². The second-order valence-electron chi connectivity index (χ2n) is 2.79. The number of nitrogens with two attached hydrogens (primary N) is 1. The Balaban J connectivity index is 3.43. The van der Waals surface area contributed by atoms with E-state index in [1.807, 2.05) is 0 Å². The maximum Gasteiger partial charge on any atom is 0.285 e. The molecule has 1 aromatic carbocycles. The van der Waals surface area contributed by atoms with E-state index in [-0.39, 0.29) is 11.3 Å². The number of carbonyl (C=O) groups is 1. The average Bonchev–Trinajstić information content (AvgIpc) is 2.16. The first-order valence-corrected chi connectivity index (χ1v) is 4.14. The lowest BCUT2D eigenvalue weighted by Crippen LogP contribution is -2.14. The Bertz CT molecular complexity index is 388. The fourth-order valence-corrected chi connectivity index (χ4v) is 1.29. The lowest BCUT2D eigenvalue weighted by Gasteiger charge is -2.02. The van der Waals surface area contributed by atoms with Crippen LogP contribution in [-0.2, 0) is 6.42 Å². The predicted molar refractivity (Wildman–Crippen MR) is 51.0 cm³/mol. The van der Waals surface area contributed by atoms with Gasteiger partial charge in [-0.1, -0.05) is 19.1 Å². The van der Waals surface area contributed by atoms with E-state index in [0.717, 1.165) is 0 Å². The molecule has 0 radical (unpaired) electrons. The van der Waals surface area contributed by atoms with E-state index in [1.165, 1.54) is 6.07 Å². The van der Waals surface area contributed by atoms with Gasteiger partial charge in [-0.25, -0.2) is 0 Å². The van der Waals surface area contributed by atoms with Gasteiger partial charge in [0.05, 0.1) is 4.92 Å². The monoisotopic (exact) mass is 194 g/mol. The van der Waals surface area contributed by atoms with Crippen LogP contribution in [0.1, 0.15) is 22.8 Å². The minimum atomic E-state index is -0.771. The molecule has 0 spiro atoms. The van der Waals surface area contributed by atoms with Gasteiger partial charge >= 0.3 is 0 Å². The molecule has 0 bridgehead atoms. The zero-order chi connectivity index (χ0) is 10.7. The van der Waals surface area contributed by atoms with Crippen molar-refractivity contribution in [1.82, 2.24) is 0 Å². The molecule has 0 aromatic heterocycles. The van der Waals surface area contributed by atoms with Crippen molar-refractivity contribution in [3.05, 3.63) is 39.4 Å². The molecule has 0 aliphatic heterocycles. The third-order valence-corrected chi connectivity index (χ3v) is 1.95. The first kappa shape index (κ1) is 10.2. The van der Waals surface area contributed by atoms with Crippen molar-refractivity contribution in [3.8, 4) is 0 Å². The number of nitro groups is 1. The van der Waals surface area contributed by atoms with Crippen LogP contribution in [0.5, 0.6) is 0 Å². The molecule has 74 valence electrons. The molecule has 0 heterocycles. The molecular weight excluding hydrogens is 184 g/mol. The minimum Gasteiger partial charge on any atom is -0.365 e. The van der Waals surface area contributed by atoms with Crippen molar-refractivity contribution in [2.75, 3.05) is 0 Å². The Morgan fingerprint density at radius 3 is 2.64 bits per heavy atom. The van der Waals surface area contributed by atoms with Crippen molar-refractivity contribution >= 4 is 11.6 Å². The largest absolute Gasteiger partial charge is 0.365 e. The van der Waals surface area contributed by atoms with Gasteiger partial charge in [0.25, 0.3) is 11.6 Å². The van der Waals surface area contributed by atoms with Crippen molar-refractivity contribution in [2.45, 2.75) is 13.3 Å². The lowest BCUT2D eigenvalue weighted by molar-refractivity contribution is -0.385. The molecule has 0 aliphatic rings. The van der Waals surface area contributed by atoms with Crippen molar-refractivity contribution in [1.29, 1.82) is 0 Å². The van der Waals surface area contributed by atoms with Gasteiger partial charge in [-0.2, -0.15) is 0 Å². The van der Waals surface area contributed by atoms with Gasteiger partial charge < -0.3 is 5.73 Å². The summed E-state index contributed by atoms with van der Waals surface area (Å²) in [4.78, 5) is 21.0. The van der Waals surface area contributed by atoms with Crippen molar-refractivity contribution in [3.63, 3.8) is 0 Å². The van der Waals surface area contributed by atoms with E-state index in [9.17, 15) is 14.9 Å². The van der Waals surface area contributed by atoms with Gasteiger partial charge in [-0.3, -0.25) is 14.9 Å². The minimum absolute atomic E-state index is 0.0330. The lowest BCUT2D eigenvalue weighted by atomic mass is 10.1. The number of carbonyl (C=O) groups excluding carboxylic acids is 1. The van der Waals surface area contributed by atoms with Gasteiger partial charge in [0, 0.05) is 5.56 Å². The van der Waals surface area contributed by atoms with E-state index in [1.54, 1.807) is 19.1 Å². The normalized spacial score (nSPS) is 9.79. The number of nitro benzene ring substituents is 1. The summed E-state index contributed by atoms with van der Waals surface area (Å²) in [5.41, 5.74) is 5.34. The number of para-hydroxylation sites is 1. The second-order valence-corrected chi connectivity index (χ2v) is 2.79. The molecule has 5 nitrogen and oxygen atoms in total. The topological polar surface area (TPSA) is 86.2 Å². The Hall–Kier alpha value is -1.91. The van der Waals surface area contributed by atoms with Crippen molar-refractivity contribution < 1.29 is 9.72 Å². The number of primary amides is 1. The Morgan fingerprint density at radius 1 is 1.57 bits per heavy atom. The molecule has 0 fully saturated rings. The molecule has 0 saturated heterocycles. The fraction of sp³-hybridized carbons (Fsp3) is 0.222. The Labute approximate surface area is 80.7 Å². The number of amides is 1. The molecule has 5 heteroatoms. The molecule has 0 unspecified atom stereocenters. The average molecular weight is 194 g/mol. The summed E-state index contributed by atoms with van der Waals surface area (Å²) in [6.07, 6.45) is 0.497. The number of aryl methyl sites for hydroxylation is 1. The van der Waals surface area contributed by atoms with E-state index < -0.39 is 10.8 Å². The highest BCUT2D eigenvalue weighted by atomic mass is 16.6. The number of benzene rings is 1. The molecule has 0 atom stereocenters. The van der Waals surface area contributed by atoms with E-state index >= 15 is 0 Å². The molecule has 1 amide bonds. The van der Waals surface area contributed by atoms with Crippen LogP contribution in [0.15, 0.2) is 18.2 Å². The highest BCUT2D eigenvalue weighted by molar-refractivity contribution is 5.97. The van der Waals surface area contributed by atoms with Crippen molar-refractivity contribution in [2.24, 2.45) is 5.73 Å². The summed E-state index contributed by atoms with van der Waals surface area (Å²) in [6.45, 7) is 1.78. The van der Waals surface area contributed by atoms with Gasteiger partial charge in [0.2, 0.25) is 0 Å². The van der Waals surface area contributed by atoms with Gasteiger partial charge in [0.1, 0.15) is 5.56 Å². The summed E-state index contributed by atoms with van der Waals surface area (Å²) in [5.74, 6) is -0.771. The smallest absolute Gasteiger partial charge is 0.285 e. The van der Waals surface area contributed by atoms with Crippen LogP contribution in [0.3, 0.4) is 0 Å². The van der Waals surface area contributed by atoms with Crippen LogP contribution < -0.4 is 5.73 Å². The second kappa shape index (κ2) is 3.87. The number of nitrogens with zero attached hydrogens (tertiary/aromatic N) is 1. The number of hydrogen-bond donors (Lipinski definition) is 1. The van der Waals surface area contributed by atoms with Crippen LogP contribution in [0.4, 0.5) is 5.69 Å². The van der Waals surface area contributed by atoms with Crippen LogP contribution >= 0.6 is 0 Å². The Morgan fingerprint density at radius 2 is 2.21 bits per heavy atom. The molecule has 14 heavy (non-hydrogen) atoms. The first-order chi connectivity index (χ1) is 6.57. The van der Waals surface area contributed by atoms with Gasteiger partial charge in [0.15, 0.2) is 0 Å². The molecular formula is C9H10N2O3. The summed E-state index contributed by atoms with van der Waals surface area (Å²) < 4.78 is 0. The number of rotatable bonds is 3. The summed E-state index contributed by atoms with van der Waals surface area (Å²) in [5, 5.41) is 10.7. The third-order valence-electron chi connectivity index (χ3n) is 1.95.